The van der Waals surface area contributed by atoms with E-state index in [1.165, 1.54) is 0 Å². The van der Waals surface area contributed by atoms with E-state index in [0.29, 0.717) is 11.3 Å². The van der Waals surface area contributed by atoms with Crippen LogP contribution in [0.4, 0.5) is 0 Å². The van der Waals surface area contributed by atoms with Gasteiger partial charge in [-0.3, -0.25) is 4.79 Å². The maximum Gasteiger partial charge on any atom is 0.240 e. The predicted molar refractivity (Wildman–Crippen MR) is 106 cm³/mol. The van der Waals surface area contributed by atoms with Gasteiger partial charge in [-0.2, -0.15) is 0 Å². The van der Waals surface area contributed by atoms with Gasteiger partial charge < -0.3 is 4.90 Å². The fraction of sp³-hybridized carbons (Fsp3) is 0.381. The first kappa shape index (κ1) is 19.7. The number of Topliss-reactive ketones (excluding diaryl/α,β-unsaturated/α-hetero) is 1. The third-order valence-corrected chi connectivity index (χ3v) is 6.47. The molecule has 0 unspecified atom stereocenters. The molecule has 0 bridgehead atoms. The second kappa shape index (κ2) is 9.26. The Bertz CT molecular complexity index is 830. The smallest absolute Gasteiger partial charge is 0.240 e. The second-order valence-electron chi connectivity index (χ2n) is 6.94. The van der Waals surface area contributed by atoms with E-state index in [9.17, 15) is 13.2 Å². The van der Waals surface area contributed by atoms with Gasteiger partial charge in [0.2, 0.25) is 10.0 Å². The van der Waals surface area contributed by atoms with Crippen LogP contribution >= 0.6 is 0 Å². The van der Waals surface area contributed by atoms with Crippen LogP contribution in [0.2, 0.25) is 0 Å². The van der Waals surface area contributed by atoms with Gasteiger partial charge in [-0.1, -0.05) is 48.5 Å². The summed E-state index contributed by atoms with van der Waals surface area (Å²) in [7, 11) is -3.45. The number of carbonyl (C=O) groups is 1. The highest BCUT2D eigenvalue weighted by Crippen LogP contribution is 2.16. The molecule has 2 aromatic carbocycles. The first-order valence-corrected chi connectivity index (χ1v) is 10.9. The van der Waals surface area contributed by atoms with Crippen molar-refractivity contribution in [3.05, 3.63) is 66.2 Å². The molecule has 0 spiro atoms. The van der Waals surface area contributed by atoms with E-state index < -0.39 is 10.0 Å². The zero-order chi connectivity index (χ0) is 19.1. The lowest BCUT2D eigenvalue weighted by atomic mass is 10.0. The highest BCUT2D eigenvalue weighted by molar-refractivity contribution is 7.89. The zero-order valence-electron chi connectivity index (χ0n) is 15.4. The van der Waals surface area contributed by atoms with Crippen LogP contribution in [-0.4, -0.2) is 44.8 Å². The summed E-state index contributed by atoms with van der Waals surface area (Å²) in [6.45, 7) is 2.57. The summed E-state index contributed by atoms with van der Waals surface area (Å²) in [5, 5.41) is 0. The van der Waals surface area contributed by atoms with Gasteiger partial charge >= 0.3 is 0 Å². The van der Waals surface area contributed by atoms with E-state index in [0.717, 1.165) is 44.5 Å². The molecule has 1 heterocycles. The lowest BCUT2D eigenvalue weighted by Crippen LogP contribution is -2.44. The highest BCUT2D eigenvalue weighted by Gasteiger charge is 2.24. The van der Waals surface area contributed by atoms with Crippen molar-refractivity contribution in [1.29, 1.82) is 0 Å². The zero-order valence-corrected chi connectivity index (χ0v) is 16.2. The third-order valence-electron chi connectivity index (χ3n) is 4.94. The standard InChI is InChI=1S/C21H26N2O3S/c24-21(18-8-3-1-4-9-18)12-7-15-23-16-13-19(14-17-23)22-27(25,26)20-10-5-2-6-11-20/h1-6,8-11,19,22H,7,12-17H2. The van der Waals surface area contributed by atoms with Gasteiger partial charge in [-0.25, -0.2) is 13.1 Å². The van der Waals surface area contributed by atoms with Gasteiger partial charge in [0.1, 0.15) is 0 Å². The van der Waals surface area contributed by atoms with Gasteiger partial charge in [-0.05, 0) is 51.0 Å². The Morgan fingerprint density at radius 3 is 2.19 bits per heavy atom. The van der Waals surface area contributed by atoms with Crippen LogP contribution in [0.1, 0.15) is 36.0 Å². The summed E-state index contributed by atoms with van der Waals surface area (Å²) >= 11 is 0. The average Bonchev–Trinajstić information content (AvgIpc) is 2.70. The molecule has 0 atom stereocenters. The Hall–Kier alpha value is -2.02. The normalized spacial score (nSPS) is 16.3. The molecule has 27 heavy (non-hydrogen) atoms. The minimum Gasteiger partial charge on any atom is -0.303 e. The first-order valence-electron chi connectivity index (χ1n) is 9.42. The molecule has 0 saturated carbocycles. The van der Waals surface area contributed by atoms with Gasteiger partial charge in [0.15, 0.2) is 5.78 Å². The van der Waals surface area contributed by atoms with Crippen LogP contribution in [0.25, 0.3) is 0 Å². The Morgan fingerprint density at radius 1 is 0.963 bits per heavy atom. The molecule has 0 amide bonds. The fourth-order valence-corrected chi connectivity index (χ4v) is 4.72. The largest absolute Gasteiger partial charge is 0.303 e. The second-order valence-corrected chi connectivity index (χ2v) is 8.66. The molecular weight excluding hydrogens is 360 g/mol. The van der Waals surface area contributed by atoms with E-state index in [4.69, 9.17) is 0 Å². The predicted octanol–water partition coefficient (Wildman–Crippen LogP) is 3.09. The molecule has 1 aliphatic heterocycles. The number of ketones is 1. The van der Waals surface area contributed by atoms with Crippen molar-refractivity contribution in [1.82, 2.24) is 9.62 Å². The van der Waals surface area contributed by atoms with Crippen LogP contribution in [-0.2, 0) is 10.0 Å². The monoisotopic (exact) mass is 386 g/mol. The molecule has 3 rings (SSSR count). The number of hydrogen-bond donors (Lipinski definition) is 1. The van der Waals surface area contributed by atoms with Crippen molar-refractivity contribution >= 4 is 15.8 Å². The SMILES string of the molecule is O=C(CCCN1CCC(NS(=O)(=O)c2ccccc2)CC1)c1ccccc1. The highest BCUT2D eigenvalue weighted by atomic mass is 32.2. The van der Waals surface area contributed by atoms with Crippen LogP contribution < -0.4 is 4.72 Å². The van der Waals surface area contributed by atoms with E-state index in [2.05, 4.69) is 9.62 Å². The molecule has 6 heteroatoms. The number of rotatable bonds is 8. The molecule has 1 fully saturated rings. The van der Waals surface area contributed by atoms with Crippen molar-refractivity contribution < 1.29 is 13.2 Å². The Morgan fingerprint density at radius 2 is 1.56 bits per heavy atom. The van der Waals surface area contributed by atoms with Crippen LogP contribution in [0.5, 0.6) is 0 Å². The molecule has 1 saturated heterocycles. The Labute approximate surface area is 161 Å². The Balaban J connectivity index is 1.40. The quantitative estimate of drug-likeness (QED) is 0.708. The summed E-state index contributed by atoms with van der Waals surface area (Å²) < 4.78 is 27.6. The van der Waals surface area contributed by atoms with Crippen LogP contribution in [0.3, 0.4) is 0 Å². The summed E-state index contributed by atoms with van der Waals surface area (Å²) in [6.07, 6.45) is 2.95. The van der Waals surface area contributed by atoms with Crippen molar-refractivity contribution in [2.45, 2.75) is 36.6 Å². The lowest BCUT2D eigenvalue weighted by molar-refractivity contribution is 0.0972. The topological polar surface area (TPSA) is 66.5 Å². The molecular formula is C21H26N2O3S. The number of carbonyl (C=O) groups excluding carboxylic acids is 1. The molecule has 0 aromatic heterocycles. The third kappa shape index (κ3) is 5.73. The number of benzene rings is 2. The van der Waals surface area contributed by atoms with E-state index >= 15 is 0 Å². The van der Waals surface area contributed by atoms with Gasteiger partial charge in [-0.15, -0.1) is 0 Å². The number of likely N-dealkylation sites (tertiary alicyclic amines) is 1. The van der Waals surface area contributed by atoms with Crippen molar-refractivity contribution in [3.8, 4) is 0 Å². The van der Waals surface area contributed by atoms with Gasteiger partial charge in [0.25, 0.3) is 0 Å². The van der Waals surface area contributed by atoms with E-state index in [-0.39, 0.29) is 11.8 Å². The summed E-state index contributed by atoms with van der Waals surface area (Å²) in [5.74, 6) is 0.182. The average molecular weight is 387 g/mol. The number of hydrogen-bond acceptors (Lipinski definition) is 4. The number of piperidine rings is 1. The first-order chi connectivity index (χ1) is 13.0. The molecule has 0 radical (unpaired) electrons. The molecule has 0 aliphatic carbocycles. The van der Waals surface area contributed by atoms with E-state index in [1.54, 1.807) is 30.3 Å². The minimum atomic E-state index is -3.45. The van der Waals surface area contributed by atoms with Crippen LogP contribution in [0.15, 0.2) is 65.6 Å². The summed E-state index contributed by atoms with van der Waals surface area (Å²) in [4.78, 5) is 14.8. The fourth-order valence-electron chi connectivity index (χ4n) is 3.39. The summed E-state index contributed by atoms with van der Waals surface area (Å²) in [5.41, 5.74) is 0.770. The molecule has 5 nitrogen and oxygen atoms in total. The number of sulfonamides is 1. The van der Waals surface area contributed by atoms with Crippen LogP contribution in [0, 0.1) is 0 Å². The van der Waals surface area contributed by atoms with Gasteiger partial charge in [0.05, 0.1) is 4.90 Å². The minimum absolute atomic E-state index is 0.0302. The number of nitrogens with one attached hydrogen (secondary N) is 1. The van der Waals surface area contributed by atoms with Gasteiger partial charge in [0, 0.05) is 18.0 Å². The maximum absolute atomic E-state index is 12.4. The lowest BCUT2D eigenvalue weighted by Gasteiger charge is -2.32. The van der Waals surface area contributed by atoms with Crippen molar-refractivity contribution in [3.63, 3.8) is 0 Å². The number of nitrogens with zero attached hydrogens (tertiary/aromatic N) is 1. The summed E-state index contributed by atoms with van der Waals surface area (Å²) in [6, 6.07) is 17.8. The Kier molecular flexibility index (Phi) is 6.77. The molecule has 144 valence electrons. The molecule has 1 aliphatic rings. The molecule has 1 N–H and O–H groups in total. The maximum atomic E-state index is 12.4. The van der Waals surface area contributed by atoms with Crippen molar-refractivity contribution in [2.24, 2.45) is 0 Å². The van der Waals surface area contributed by atoms with E-state index in [1.807, 2.05) is 30.3 Å². The van der Waals surface area contributed by atoms with Crippen molar-refractivity contribution in [2.75, 3.05) is 19.6 Å². The molecule has 2 aromatic rings.